The van der Waals surface area contributed by atoms with Crippen molar-refractivity contribution in [3.05, 3.63) is 76.8 Å². The van der Waals surface area contributed by atoms with E-state index in [2.05, 4.69) is 5.32 Å². The van der Waals surface area contributed by atoms with Crippen LogP contribution in [0.4, 0.5) is 5.69 Å². The maximum Gasteiger partial charge on any atom is 0.341 e. The normalized spacial score (nSPS) is 11.0. The number of ether oxygens (including phenoxy) is 2. The number of aliphatic carboxylic acids is 1. The fourth-order valence-electron chi connectivity index (χ4n) is 3.56. The molecule has 3 aromatic carbocycles. The van der Waals surface area contributed by atoms with Crippen LogP contribution in [0.2, 0.25) is 5.02 Å². The van der Waals surface area contributed by atoms with Crippen molar-refractivity contribution < 1.29 is 42.5 Å². The summed E-state index contributed by atoms with van der Waals surface area (Å²) in [5.74, 6) is -2.27. The SMILES string of the molecule is CC(=O)c1ccc(OCC(=O)Nc2cc(CCCS(=O)(=O)c3ccc(Cl)cc3)ccc2OCC(=O)O)cc1O. The highest BCUT2D eigenvalue weighted by atomic mass is 35.5. The number of benzene rings is 3. The van der Waals surface area contributed by atoms with Crippen LogP contribution < -0.4 is 14.8 Å². The summed E-state index contributed by atoms with van der Waals surface area (Å²) in [7, 11) is -3.52. The molecule has 206 valence electrons. The molecule has 1 amide bonds. The number of phenolic OH excluding ortho intramolecular Hbond substituents is 1. The first kappa shape index (κ1) is 29.5. The average molecular weight is 576 g/mol. The molecule has 0 heterocycles. The minimum atomic E-state index is -3.52. The first-order valence-corrected chi connectivity index (χ1v) is 13.7. The number of amides is 1. The number of hydrogen-bond acceptors (Lipinski definition) is 8. The summed E-state index contributed by atoms with van der Waals surface area (Å²) in [6.45, 7) is 0.209. The van der Waals surface area contributed by atoms with E-state index < -0.39 is 34.9 Å². The molecule has 3 rings (SSSR count). The maximum absolute atomic E-state index is 12.6. The quantitative estimate of drug-likeness (QED) is 0.255. The number of ketones is 1. The molecule has 0 saturated heterocycles. The van der Waals surface area contributed by atoms with Crippen molar-refractivity contribution in [2.24, 2.45) is 0 Å². The molecule has 3 N–H and O–H groups in total. The second-order valence-corrected chi connectivity index (χ2v) is 11.0. The minimum Gasteiger partial charge on any atom is -0.507 e. The summed E-state index contributed by atoms with van der Waals surface area (Å²) in [6.07, 6.45) is 0.643. The Bertz CT molecular complexity index is 1470. The number of anilines is 1. The molecule has 10 nitrogen and oxygen atoms in total. The van der Waals surface area contributed by atoms with Gasteiger partial charge in [-0.1, -0.05) is 17.7 Å². The van der Waals surface area contributed by atoms with Crippen LogP contribution >= 0.6 is 11.6 Å². The van der Waals surface area contributed by atoms with Crippen LogP contribution in [-0.2, 0) is 25.8 Å². The van der Waals surface area contributed by atoms with Crippen LogP contribution in [0.5, 0.6) is 17.2 Å². The lowest BCUT2D eigenvalue weighted by molar-refractivity contribution is -0.139. The molecule has 12 heteroatoms. The molecular weight excluding hydrogens is 550 g/mol. The Morgan fingerprint density at radius 3 is 2.31 bits per heavy atom. The second-order valence-electron chi connectivity index (χ2n) is 8.46. The lowest BCUT2D eigenvalue weighted by atomic mass is 10.1. The topological polar surface area (TPSA) is 156 Å². The predicted molar refractivity (Wildman–Crippen MR) is 144 cm³/mol. The highest BCUT2D eigenvalue weighted by Crippen LogP contribution is 2.28. The lowest BCUT2D eigenvalue weighted by Gasteiger charge is -2.14. The molecule has 0 aromatic heterocycles. The van der Waals surface area contributed by atoms with Gasteiger partial charge in [-0.05, 0) is 73.9 Å². The zero-order valence-electron chi connectivity index (χ0n) is 20.8. The number of aryl methyl sites for hydroxylation is 1. The third-order valence-electron chi connectivity index (χ3n) is 5.44. The van der Waals surface area contributed by atoms with Crippen molar-refractivity contribution in [3.63, 3.8) is 0 Å². The van der Waals surface area contributed by atoms with Crippen LogP contribution in [0.1, 0.15) is 29.3 Å². The zero-order chi connectivity index (χ0) is 28.6. The molecular formula is C27H26ClNO9S. The van der Waals surface area contributed by atoms with Gasteiger partial charge >= 0.3 is 5.97 Å². The van der Waals surface area contributed by atoms with Gasteiger partial charge in [0, 0.05) is 11.1 Å². The van der Waals surface area contributed by atoms with E-state index in [0.29, 0.717) is 17.0 Å². The summed E-state index contributed by atoms with van der Waals surface area (Å²) in [6, 6.07) is 14.6. The number of nitrogens with one attached hydrogen (secondary N) is 1. The largest absolute Gasteiger partial charge is 0.507 e. The Kier molecular flexibility index (Phi) is 9.91. The van der Waals surface area contributed by atoms with Crippen molar-refractivity contribution >= 4 is 44.8 Å². The highest BCUT2D eigenvalue weighted by molar-refractivity contribution is 7.91. The first-order chi connectivity index (χ1) is 18.4. The van der Waals surface area contributed by atoms with E-state index in [1.54, 1.807) is 12.1 Å². The first-order valence-electron chi connectivity index (χ1n) is 11.7. The second kappa shape index (κ2) is 13.1. The van der Waals surface area contributed by atoms with Gasteiger partial charge in [-0.15, -0.1) is 0 Å². The molecule has 0 unspecified atom stereocenters. The van der Waals surface area contributed by atoms with Crippen LogP contribution in [-0.4, -0.2) is 55.3 Å². The Morgan fingerprint density at radius 1 is 0.949 bits per heavy atom. The van der Waals surface area contributed by atoms with Gasteiger partial charge in [0.1, 0.15) is 17.2 Å². The summed E-state index contributed by atoms with van der Waals surface area (Å²) in [5.41, 5.74) is 0.979. The number of carboxylic acids is 1. The molecule has 0 bridgehead atoms. The molecule has 0 aliphatic heterocycles. The standard InChI is InChI=1S/C27H26ClNO9S/c1-17(30)22-10-7-20(14-24(22)31)37-15-26(32)29-23-13-18(4-11-25(23)38-16-27(33)34)3-2-12-39(35,36)21-8-5-19(28)6-9-21/h4-11,13-14,31H,2-3,12,15-16H2,1H3,(H,29,32)(H,33,34). The summed E-state index contributed by atoms with van der Waals surface area (Å²) in [5, 5.41) is 21.9. The Balaban J connectivity index is 1.66. The number of rotatable bonds is 13. The number of hydrogen-bond donors (Lipinski definition) is 3. The molecule has 0 aliphatic carbocycles. The molecule has 0 fully saturated rings. The average Bonchev–Trinajstić information content (AvgIpc) is 2.87. The molecule has 0 atom stereocenters. The van der Waals surface area contributed by atoms with E-state index in [1.807, 2.05) is 0 Å². The third kappa shape index (κ3) is 8.72. The van der Waals surface area contributed by atoms with E-state index in [0.717, 1.165) is 0 Å². The van der Waals surface area contributed by atoms with E-state index >= 15 is 0 Å². The van der Waals surface area contributed by atoms with Gasteiger partial charge < -0.3 is 25.0 Å². The van der Waals surface area contributed by atoms with Crippen molar-refractivity contribution in [1.29, 1.82) is 0 Å². The van der Waals surface area contributed by atoms with Crippen molar-refractivity contribution in [1.82, 2.24) is 0 Å². The van der Waals surface area contributed by atoms with Crippen molar-refractivity contribution in [3.8, 4) is 17.2 Å². The van der Waals surface area contributed by atoms with Gasteiger partial charge in [0.2, 0.25) is 0 Å². The molecule has 0 radical (unpaired) electrons. The molecule has 0 aliphatic rings. The number of carbonyl (C=O) groups is 3. The molecule has 0 saturated carbocycles. The fraction of sp³-hybridized carbons (Fsp3) is 0.222. The molecule has 39 heavy (non-hydrogen) atoms. The Morgan fingerprint density at radius 2 is 1.67 bits per heavy atom. The predicted octanol–water partition coefficient (Wildman–Crippen LogP) is 4.14. The zero-order valence-corrected chi connectivity index (χ0v) is 22.4. The van der Waals surface area contributed by atoms with Gasteiger partial charge in [-0.2, -0.15) is 0 Å². The Hall–Kier alpha value is -4.09. The van der Waals surface area contributed by atoms with Crippen LogP contribution in [0, 0.1) is 0 Å². The van der Waals surface area contributed by atoms with Gasteiger partial charge in [0.25, 0.3) is 5.91 Å². The van der Waals surface area contributed by atoms with Gasteiger partial charge in [-0.25, -0.2) is 13.2 Å². The summed E-state index contributed by atoms with van der Waals surface area (Å²) >= 11 is 5.83. The van der Waals surface area contributed by atoms with E-state index in [1.165, 1.54) is 55.5 Å². The van der Waals surface area contributed by atoms with Crippen LogP contribution in [0.3, 0.4) is 0 Å². The Labute approximate surface area is 230 Å². The van der Waals surface area contributed by atoms with Gasteiger partial charge in [-0.3, -0.25) is 9.59 Å². The minimum absolute atomic E-state index is 0.103. The number of aromatic hydroxyl groups is 1. The van der Waals surface area contributed by atoms with E-state index in [-0.39, 0.29) is 51.4 Å². The maximum atomic E-state index is 12.6. The summed E-state index contributed by atoms with van der Waals surface area (Å²) in [4.78, 5) is 35.1. The number of halogens is 1. The number of carbonyl (C=O) groups excluding carboxylic acids is 2. The number of Topliss-reactive ketones (excluding diaryl/α,β-unsaturated/α-hetero) is 1. The van der Waals surface area contributed by atoms with E-state index in [4.69, 9.17) is 26.2 Å². The van der Waals surface area contributed by atoms with Crippen LogP contribution in [0.25, 0.3) is 0 Å². The highest BCUT2D eigenvalue weighted by Gasteiger charge is 2.16. The van der Waals surface area contributed by atoms with Gasteiger partial charge in [0.05, 0.1) is 21.9 Å². The lowest BCUT2D eigenvalue weighted by Crippen LogP contribution is -2.21. The number of sulfone groups is 1. The monoisotopic (exact) mass is 575 g/mol. The third-order valence-corrected chi connectivity index (χ3v) is 7.51. The van der Waals surface area contributed by atoms with Crippen molar-refractivity contribution in [2.45, 2.75) is 24.7 Å². The molecule has 3 aromatic rings. The smallest absolute Gasteiger partial charge is 0.341 e. The molecule has 0 spiro atoms. The summed E-state index contributed by atoms with van der Waals surface area (Å²) < 4.78 is 35.8. The van der Waals surface area contributed by atoms with Crippen molar-refractivity contribution in [2.75, 3.05) is 24.3 Å². The fourth-order valence-corrected chi connectivity index (χ4v) is 4.99. The van der Waals surface area contributed by atoms with Crippen LogP contribution in [0.15, 0.2) is 65.6 Å². The van der Waals surface area contributed by atoms with E-state index in [9.17, 15) is 27.9 Å². The van der Waals surface area contributed by atoms with Gasteiger partial charge in [0.15, 0.2) is 28.8 Å². The number of phenols is 1. The number of carboxylic acid groups (broad SMARTS) is 1.